The van der Waals surface area contributed by atoms with E-state index < -0.39 is 0 Å². The summed E-state index contributed by atoms with van der Waals surface area (Å²) in [6, 6.07) is 14.9. The molecule has 5 rings (SSSR count). The lowest BCUT2D eigenvalue weighted by Crippen LogP contribution is -2.13. The van der Waals surface area contributed by atoms with Crippen LogP contribution in [0, 0.1) is 6.92 Å². The van der Waals surface area contributed by atoms with Gasteiger partial charge in [0.25, 0.3) is 0 Å². The number of aryl methyl sites for hydroxylation is 3. The fourth-order valence-electron chi connectivity index (χ4n) is 4.59. The number of aromatic nitrogens is 5. The highest BCUT2D eigenvalue weighted by molar-refractivity contribution is 5.81. The first-order chi connectivity index (χ1) is 16.0. The first-order valence-electron chi connectivity index (χ1n) is 11.4. The van der Waals surface area contributed by atoms with Gasteiger partial charge in [-0.1, -0.05) is 36.4 Å². The summed E-state index contributed by atoms with van der Waals surface area (Å²) in [6.45, 7) is 4.70. The maximum atomic E-state index is 12.0. The van der Waals surface area contributed by atoms with Crippen molar-refractivity contribution in [1.29, 1.82) is 0 Å². The summed E-state index contributed by atoms with van der Waals surface area (Å²) in [4.78, 5) is 12.0. The van der Waals surface area contributed by atoms with E-state index in [0.29, 0.717) is 12.8 Å². The molecular formula is C26H28N6O. The normalized spacial score (nSPS) is 14.9. The van der Waals surface area contributed by atoms with E-state index in [1.54, 1.807) is 0 Å². The minimum atomic E-state index is 0.0925. The molecule has 0 amide bonds. The smallest absolute Gasteiger partial charge is 0.136 e. The second-order valence-electron chi connectivity index (χ2n) is 8.71. The summed E-state index contributed by atoms with van der Waals surface area (Å²) >= 11 is 0. The number of Topliss-reactive ketones (excluding diaryl/α,β-unsaturated/α-hetero) is 1. The van der Waals surface area contributed by atoms with Gasteiger partial charge in [0.05, 0.1) is 23.6 Å². The molecule has 7 heteroatoms. The molecular weight excluding hydrogens is 412 g/mol. The monoisotopic (exact) mass is 440 g/mol. The molecule has 168 valence electrons. The molecule has 1 aliphatic rings. The van der Waals surface area contributed by atoms with Gasteiger partial charge in [-0.2, -0.15) is 5.10 Å². The van der Waals surface area contributed by atoms with E-state index in [2.05, 4.69) is 51.1 Å². The highest BCUT2D eigenvalue weighted by atomic mass is 16.1. The van der Waals surface area contributed by atoms with Gasteiger partial charge < -0.3 is 5.32 Å². The van der Waals surface area contributed by atoms with Crippen molar-refractivity contribution < 1.29 is 4.79 Å². The second-order valence-corrected chi connectivity index (χ2v) is 8.71. The number of nitrogens with one attached hydrogen (secondary N) is 1. The number of nitrogens with zero attached hydrogens (tertiary/aromatic N) is 5. The van der Waals surface area contributed by atoms with E-state index in [1.165, 1.54) is 5.56 Å². The Morgan fingerprint density at radius 1 is 1.18 bits per heavy atom. The zero-order valence-electron chi connectivity index (χ0n) is 19.2. The van der Waals surface area contributed by atoms with Crippen molar-refractivity contribution in [3.8, 4) is 22.4 Å². The summed E-state index contributed by atoms with van der Waals surface area (Å²) in [7, 11) is 1.93. The molecule has 1 atom stereocenters. The van der Waals surface area contributed by atoms with Crippen molar-refractivity contribution in [2.75, 3.05) is 5.32 Å². The Hall–Kier alpha value is -3.74. The maximum absolute atomic E-state index is 12.0. The third-order valence-corrected chi connectivity index (χ3v) is 6.32. The lowest BCUT2D eigenvalue weighted by molar-refractivity contribution is -0.118. The first-order valence-corrected chi connectivity index (χ1v) is 11.4. The average molecular weight is 441 g/mol. The van der Waals surface area contributed by atoms with Crippen molar-refractivity contribution in [2.24, 2.45) is 7.05 Å². The quantitative estimate of drug-likeness (QED) is 0.469. The molecule has 7 nitrogen and oxygen atoms in total. The number of carbonyl (C=O) groups excluding carboxylic acids is 1. The van der Waals surface area contributed by atoms with Crippen LogP contribution in [-0.4, -0.2) is 30.6 Å². The largest absolute Gasteiger partial charge is 0.378 e. The van der Waals surface area contributed by atoms with Crippen LogP contribution in [0.15, 0.2) is 54.9 Å². The summed E-state index contributed by atoms with van der Waals surface area (Å²) in [5.74, 6) is 0.251. The summed E-state index contributed by atoms with van der Waals surface area (Å²) in [5.41, 5.74) is 8.67. The van der Waals surface area contributed by atoms with Crippen molar-refractivity contribution in [1.82, 2.24) is 24.8 Å². The van der Waals surface area contributed by atoms with Crippen LogP contribution in [0.4, 0.5) is 5.69 Å². The van der Waals surface area contributed by atoms with Crippen LogP contribution in [0.5, 0.6) is 0 Å². The van der Waals surface area contributed by atoms with Gasteiger partial charge in [0, 0.05) is 49.4 Å². The Balaban J connectivity index is 1.55. The number of ketones is 1. The topological polar surface area (TPSA) is 77.6 Å². The first kappa shape index (κ1) is 21.1. The number of anilines is 1. The van der Waals surface area contributed by atoms with Gasteiger partial charge in [-0.15, -0.1) is 5.10 Å². The standard InChI is InChI=1S/C26H28N6O/c1-4-22(33)13-18-6-5-7-21(12-18)28-25-10-11-32-26(17(2)29-30-32)23-9-8-19(14-24(23)25)20-15-27-31(3)16-20/h5-9,12,14-16,25,28H,4,10-11,13H2,1-3H3. The Morgan fingerprint density at radius 3 is 2.85 bits per heavy atom. The Bertz CT molecular complexity index is 1320. The second kappa shape index (κ2) is 8.65. The lowest BCUT2D eigenvalue weighted by atomic mass is 9.93. The van der Waals surface area contributed by atoms with E-state index in [4.69, 9.17) is 0 Å². The van der Waals surface area contributed by atoms with Gasteiger partial charge in [-0.05, 0) is 48.2 Å². The Morgan fingerprint density at radius 2 is 2.06 bits per heavy atom. The van der Waals surface area contributed by atoms with Crippen LogP contribution in [0.2, 0.25) is 0 Å². The average Bonchev–Trinajstić information content (AvgIpc) is 3.37. The van der Waals surface area contributed by atoms with Crippen LogP contribution < -0.4 is 5.32 Å². The molecule has 0 fully saturated rings. The fraction of sp³-hybridized carbons (Fsp3) is 0.308. The number of carbonyl (C=O) groups is 1. The van der Waals surface area contributed by atoms with Crippen LogP contribution >= 0.6 is 0 Å². The van der Waals surface area contributed by atoms with Gasteiger partial charge in [0.2, 0.25) is 0 Å². The molecule has 1 N–H and O–H groups in total. The predicted molar refractivity (Wildman–Crippen MR) is 129 cm³/mol. The molecule has 0 aliphatic carbocycles. The fourth-order valence-corrected chi connectivity index (χ4v) is 4.59. The van der Waals surface area contributed by atoms with Crippen molar-refractivity contribution >= 4 is 11.5 Å². The Kier molecular flexibility index (Phi) is 5.54. The number of rotatable bonds is 6. The lowest BCUT2D eigenvalue weighted by Gasteiger charge is -2.22. The number of benzene rings is 2. The third kappa shape index (κ3) is 4.18. The molecule has 4 aromatic rings. The molecule has 3 heterocycles. The zero-order valence-corrected chi connectivity index (χ0v) is 19.2. The van der Waals surface area contributed by atoms with Crippen molar-refractivity contribution in [3.05, 3.63) is 71.7 Å². The number of hydrogen-bond donors (Lipinski definition) is 1. The predicted octanol–water partition coefficient (Wildman–Crippen LogP) is 4.73. The van der Waals surface area contributed by atoms with Gasteiger partial charge in [0.15, 0.2) is 0 Å². The molecule has 2 aromatic heterocycles. The van der Waals surface area contributed by atoms with Crippen LogP contribution in [0.25, 0.3) is 22.4 Å². The summed E-state index contributed by atoms with van der Waals surface area (Å²) < 4.78 is 3.83. The minimum Gasteiger partial charge on any atom is -0.378 e. The number of hydrogen-bond acceptors (Lipinski definition) is 5. The molecule has 33 heavy (non-hydrogen) atoms. The van der Waals surface area contributed by atoms with E-state index in [1.807, 2.05) is 54.8 Å². The molecule has 0 bridgehead atoms. The van der Waals surface area contributed by atoms with E-state index >= 15 is 0 Å². The molecule has 0 spiro atoms. The van der Waals surface area contributed by atoms with E-state index in [0.717, 1.165) is 52.3 Å². The van der Waals surface area contributed by atoms with Gasteiger partial charge in [-0.3, -0.25) is 9.48 Å². The summed E-state index contributed by atoms with van der Waals surface area (Å²) in [5, 5.41) is 16.8. The minimum absolute atomic E-state index is 0.0925. The van der Waals surface area contributed by atoms with Crippen molar-refractivity contribution in [3.63, 3.8) is 0 Å². The molecule has 0 radical (unpaired) electrons. The zero-order chi connectivity index (χ0) is 22.9. The van der Waals surface area contributed by atoms with Gasteiger partial charge in [-0.25, -0.2) is 4.68 Å². The van der Waals surface area contributed by atoms with Gasteiger partial charge in [0.1, 0.15) is 5.78 Å². The van der Waals surface area contributed by atoms with E-state index in [9.17, 15) is 4.79 Å². The molecule has 2 aromatic carbocycles. The molecule has 0 saturated heterocycles. The van der Waals surface area contributed by atoms with Crippen LogP contribution in [0.3, 0.4) is 0 Å². The number of fused-ring (bicyclic) bond motifs is 3. The molecule has 0 saturated carbocycles. The SMILES string of the molecule is CCC(=O)Cc1cccc(NC2CCn3nnc(C)c3-c3ccc(-c4cnn(C)c4)cc32)c1. The van der Waals surface area contributed by atoms with Crippen LogP contribution in [0.1, 0.15) is 42.6 Å². The maximum Gasteiger partial charge on any atom is 0.136 e. The molecule has 1 aliphatic heterocycles. The van der Waals surface area contributed by atoms with E-state index in [-0.39, 0.29) is 11.8 Å². The highest BCUT2D eigenvalue weighted by Gasteiger charge is 2.26. The third-order valence-electron chi connectivity index (χ3n) is 6.32. The van der Waals surface area contributed by atoms with Crippen molar-refractivity contribution in [2.45, 2.75) is 45.7 Å². The van der Waals surface area contributed by atoms with Crippen LogP contribution in [-0.2, 0) is 24.8 Å². The Labute approximate surface area is 193 Å². The summed E-state index contributed by atoms with van der Waals surface area (Å²) in [6.07, 6.45) is 5.83. The molecule has 1 unspecified atom stereocenters. The highest BCUT2D eigenvalue weighted by Crippen LogP contribution is 2.39. The van der Waals surface area contributed by atoms with Gasteiger partial charge >= 0.3 is 0 Å².